The molecule has 0 aliphatic heterocycles. The van der Waals surface area contributed by atoms with E-state index < -0.39 is 6.00 Å². The highest BCUT2D eigenvalue weighted by atomic mass is 35.8. The Morgan fingerprint density at radius 2 is 1.04 bits per heavy atom. The summed E-state index contributed by atoms with van der Waals surface area (Å²) in [5.41, 5.74) is 0. The average Bonchev–Trinajstić information content (AvgIpc) is 2.58. The van der Waals surface area contributed by atoms with Crippen LogP contribution in [-0.4, -0.2) is 6.00 Å². The van der Waals surface area contributed by atoms with Crippen molar-refractivity contribution in [2.75, 3.05) is 0 Å². The SMILES string of the molecule is Cl[Si](Cl)(Cl)c1ccc2cccc3c4cccc5cccc(c1c23)c54. The summed E-state index contributed by atoms with van der Waals surface area (Å²) in [6.07, 6.45) is 0. The molecule has 0 fully saturated rings. The number of halogens is 3. The van der Waals surface area contributed by atoms with Crippen LogP contribution in [0.25, 0.3) is 43.1 Å². The van der Waals surface area contributed by atoms with E-state index in [2.05, 4.69) is 60.7 Å². The van der Waals surface area contributed by atoms with Gasteiger partial charge in [0.2, 0.25) is 0 Å². The molecule has 0 amide bonds. The number of benzene rings is 5. The maximum Gasteiger partial charge on any atom is 0.373 e. The number of hydrogen-bond acceptors (Lipinski definition) is 0. The molecule has 0 aromatic heterocycles. The molecule has 0 spiro atoms. The molecule has 0 atom stereocenters. The van der Waals surface area contributed by atoms with Crippen molar-refractivity contribution in [2.45, 2.75) is 0 Å². The molecule has 5 rings (SSSR count). The Bertz CT molecular complexity index is 1230. The summed E-state index contributed by atoms with van der Waals surface area (Å²) in [4.78, 5) is 0. The van der Waals surface area contributed by atoms with Crippen molar-refractivity contribution in [1.82, 2.24) is 0 Å². The van der Waals surface area contributed by atoms with Gasteiger partial charge in [0.15, 0.2) is 0 Å². The molecule has 5 aromatic carbocycles. The van der Waals surface area contributed by atoms with Crippen LogP contribution < -0.4 is 5.19 Å². The molecule has 116 valence electrons. The van der Waals surface area contributed by atoms with Gasteiger partial charge >= 0.3 is 6.00 Å². The first kappa shape index (κ1) is 14.8. The van der Waals surface area contributed by atoms with E-state index in [0.717, 1.165) is 10.6 Å². The number of fused-ring (bicyclic) bond motifs is 2. The molecular weight excluding hydrogens is 375 g/mol. The molecule has 0 bridgehead atoms. The van der Waals surface area contributed by atoms with Gasteiger partial charge in [0, 0.05) is 0 Å². The maximum absolute atomic E-state index is 6.45. The minimum Gasteiger partial charge on any atom is -0.121 e. The first-order valence-corrected chi connectivity index (χ1v) is 12.7. The van der Waals surface area contributed by atoms with Crippen LogP contribution in [0, 0.1) is 0 Å². The quantitative estimate of drug-likeness (QED) is 0.132. The highest BCUT2D eigenvalue weighted by molar-refractivity contribution is 7.69. The Kier molecular flexibility index (Phi) is 3.08. The smallest absolute Gasteiger partial charge is 0.121 e. The zero-order chi connectivity index (χ0) is 16.5. The second kappa shape index (κ2) is 5.00. The first-order chi connectivity index (χ1) is 11.6. The van der Waals surface area contributed by atoms with Crippen LogP contribution in [0.3, 0.4) is 0 Å². The first-order valence-electron chi connectivity index (χ1n) is 7.71. The van der Waals surface area contributed by atoms with Crippen molar-refractivity contribution in [2.24, 2.45) is 0 Å². The van der Waals surface area contributed by atoms with Gasteiger partial charge in [0.1, 0.15) is 0 Å². The lowest BCUT2D eigenvalue weighted by atomic mass is 9.90. The molecule has 0 heterocycles. The molecular formula is C20H11Cl3Si. The van der Waals surface area contributed by atoms with Gasteiger partial charge in [0.05, 0.1) is 0 Å². The zero-order valence-corrected chi connectivity index (χ0v) is 15.8. The van der Waals surface area contributed by atoms with Gasteiger partial charge in [0.25, 0.3) is 0 Å². The molecule has 0 radical (unpaired) electrons. The fourth-order valence-corrected chi connectivity index (χ4v) is 6.13. The Hall–Kier alpha value is -1.51. The fourth-order valence-electron chi connectivity index (χ4n) is 3.89. The van der Waals surface area contributed by atoms with E-state index in [1.165, 1.54) is 37.7 Å². The van der Waals surface area contributed by atoms with Gasteiger partial charge in [-0.3, -0.25) is 0 Å². The molecule has 4 heteroatoms. The lowest BCUT2D eigenvalue weighted by Crippen LogP contribution is -2.30. The van der Waals surface area contributed by atoms with Gasteiger partial charge in [-0.05, 0) is 48.3 Å². The Morgan fingerprint density at radius 3 is 1.67 bits per heavy atom. The summed E-state index contributed by atoms with van der Waals surface area (Å²) in [7, 11) is 0. The third-order valence-electron chi connectivity index (χ3n) is 4.82. The minimum absolute atomic E-state index is 0.870. The van der Waals surface area contributed by atoms with Crippen LogP contribution in [0.5, 0.6) is 0 Å². The summed E-state index contributed by atoms with van der Waals surface area (Å²) in [5.74, 6) is 0. The predicted molar refractivity (Wildman–Crippen MR) is 111 cm³/mol. The van der Waals surface area contributed by atoms with Crippen molar-refractivity contribution in [3.05, 3.63) is 66.7 Å². The molecule has 24 heavy (non-hydrogen) atoms. The van der Waals surface area contributed by atoms with Crippen LogP contribution in [0.2, 0.25) is 0 Å². The second-order valence-electron chi connectivity index (χ2n) is 6.10. The number of hydrogen-bond donors (Lipinski definition) is 0. The highest BCUT2D eigenvalue weighted by Crippen LogP contribution is 2.40. The molecule has 0 saturated heterocycles. The Morgan fingerprint density at radius 1 is 0.500 bits per heavy atom. The molecule has 0 saturated carbocycles. The van der Waals surface area contributed by atoms with Crippen LogP contribution in [0.1, 0.15) is 0 Å². The van der Waals surface area contributed by atoms with E-state index in [-0.39, 0.29) is 0 Å². The van der Waals surface area contributed by atoms with Crippen molar-refractivity contribution in [1.29, 1.82) is 0 Å². The summed E-state index contributed by atoms with van der Waals surface area (Å²) in [6.45, 7) is 0. The van der Waals surface area contributed by atoms with Crippen molar-refractivity contribution in [3.8, 4) is 0 Å². The third kappa shape index (κ3) is 1.93. The van der Waals surface area contributed by atoms with Crippen LogP contribution in [-0.2, 0) is 0 Å². The van der Waals surface area contributed by atoms with Crippen molar-refractivity contribution in [3.63, 3.8) is 0 Å². The monoisotopic (exact) mass is 384 g/mol. The van der Waals surface area contributed by atoms with E-state index >= 15 is 0 Å². The standard InChI is InChI=1S/C20H11Cl3Si/c21-24(22,23)17-11-10-13-6-2-8-15-14-7-1-4-12-5-3-9-16(18(12)14)20(17)19(13)15/h1-11H. The van der Waals surface area contributed by atoms with Crippen LogP contribution in [0.15, 0.2) is 66.7 Å². The lowest BCUT2D eigenvalue weighted by Gasteiger charge is -2.19. The van der Waals surface area contributed by atoms with Gasteiger partial charge in [-0.15, -0.1) is 33.2 Å². The van der Waals surface area contributed by atoms with Crippen LogP contribution in [0.4, 0.5) is 0 Å². The Labute approximate surface area is 154 Å². The largest absolute Gasteiger partial charge is 0.373 e. The Balaban J connectivity index is 2.24. The van der Waals surface area contributed by atoms with E-state index in [9.17, 15) is 0 Å². The number of rotatable bonds is 1. The third-order valence-corrected chi connectivity index (χ3v) is 7.68. The van der Waals surface area contributed by atoms with E-state index in [0.29, 0.717) is 0 Å². The molecule has 0 aliphatic carbocycles. The van der Waals surface area contributed by atoms with Crippen molar-refractivity contribution >= 4 is 87.5 Å². The fraction of sp³-hybridized carbons (Fsp3) is 0. The second-order valence-corrected chi connectivity index (χ2v) is 14.5. The summed E-state index contributed by atoms with van der Waals surface area (Å²) >= 11 is 19.4. The normalized spacial score (nSPS) is 12.8. The van der Waals surface area contributed by atoms with E-state index in [1.807, 2.05) is 6.07 Å². The summed E-state index contributed by atoms with van der Waals surface area (Å²) in [6, 6.07) is 20.2. The summed E-state index contributed by atoms with van der Waals surface area (Å²) < 4.78 is 0. The van der Waals surface area contributed by atoms with Crippen molar-refractivity contribution < 1.29 is 0 Å². The van der Waals surface area contributed by atoms with Crippen LogP contribution >= 0.6 is 33.2 Å². The average molecular weight is 386 g/mol. The van der Waals surface area contributed by atoms with E-state index in [1.54, 1.807) is 0 Å². The lowest BCUT2D eigenvalue weighted by molar-refractivity contribution is 1.80. The topological polar surface area (TPSA) is 0 Å². The van der Waals surface area contributed by atoms with E-state index in [4.69, 9.17) is 33.2 Å². The maximum atomic E-state index is 6.45. The molecule has 0 unspecified atom stereocenters. The summed E-state index contributed by atoms with van der Waals surface area (Å²) in [5, 5.41) is 10.4. The van der Waals surface area contributed by atoms with Gasteiger partial charge in [-0.1, -0.05) is 66.7 Å². The minimum atomic E-state index is -3.03. The predicted octanol–water partition coefficient (Wildman–Crippen LogP) is 6.60. The molecule has 0 aliphatic rings. The van der Waals surface area contributed by atoms with Gasteiger partial charge < -0.3 is 0 Å². The molecule has 0 N–H and O–H groups in total. The highest BCUT2D eigenvalue weighted by Gasteiger charge is 2.31. The molecule has 0 nitrogen and oxygen atoms in total. The van der Waals surface area contributed by atoms with Gasteiger partial charge in [-0.25, -0.2) is 0 Å². The van der Waals surface area contributed by atoms with Gasteiger partial charge in [-0.2, -0.15) is 0 Å². The zero-order valence-electron chi connectivity index (χ0n) is 12.5. The molecule has 5 aromatic rings.